The molecule has 3 aromatic rings. The molecule has 2 unspecified atom stereocenters. The maximum Gasteiger partial charge on any atom is 0.408 e. The molecule has 0 aliphatic heterocycles. The Balaban J connectivity index is 1.61. The molecular weight excluding hydrogens is 591 g/mol. The number of pyridine rings is 1. The zero-order chi connectivity index (χ0) is 32.2. The molecule has 4 rings (SSSR count). The van der Waals surface area contributed by atoms with Crippen molar-refractivity contribution in [2.45, 2.75) is 76.7 Å². The van der Waals surface area contributed by atoms with Crippen LogP contribution in [-0.2, 0) is 10.3 Å². The van der Waals surface area contributed by atoms with Crippen molar-refractivity contribution in [3.05, 3.63) is 76.2 Å². The lowest BCUT2D eigenvalue weighted by Gasteiger charge is -2.26. The Morgan fingerprint density at radius 2 is 1.82 bits per heavy atom. The van der Waals surface area contributed by atoms with Gasteiger partial charge in [-0.15, -0.1) is 0 Å². The molecule has 2 aromatic carbocycles. The number of aromatic nitrogens is 1. The van der Waals surface area contributed by atoms with Crippen molar-refractivity contribution in [2.75, 3.05) is 13.7 Å². The van der Waals surface area contributed by atoms with Crippen molar-refractivity contribution >= 4 is 23.5 Å². The fraction of sp³-hybridized carbons (Fsp3) is 0.424. The maximum atomic E-state index is 13.9. The van der Waals surface area contributed by atoms with E-state index in [1.807, 2.05) is 0 Å². The van der Waals surface area contributed by atoms with Crippen LogP contribution in [0.5, 0.6) is 11.5 Å². The number of ketones is 1. The first-order valence-electron chi connectivity index (χ1n) is 14.4. The second-order valence-electron chi connectivity index (χ2n) is 12.1. The maximum absolute atomic E-state index is 13.9. The second kappa shape index (κ2) is 13.5. The summed E-state index contributed by atoms with van der Waals surface area (Å²) in [6.07, 6.45) is 1.37. The lowest BCUT2D eigenvalue weighted by molar-refractivity contribution is 0.0395. The Morgan fingerprint density at radius 1 is 1.09 bits per heavy atom. The van der Waals surface area contributed by atoms with E-state index in [1.54, 1.807) is 51.1 Å². The molecular formula is C33H38ClFN2O7. The number of hydrogen-bond acceptors (Lipinski definition) is 8. The number of nitrogens with one attached hydrogen (secondary N) is 1. The summed E-state index contributed by atoms with van der Waals surface area (Å²) in [5, 5.41) is 24.3. The predicted octanol–water partition coefficient (Wildman–Crippen LogP) is 6.52. The molecule has 9 nitrogen and oxygen atoms in total. The number of carbonyl (C=O) groups is 2. The van der Waals surface area contributed by atoms with Crippen LogP contribution in [0.3, 0.4) is 0 Å². The van der Waals surface area contributed by atoms with Crippen molar-refractivity contribution in [3.8, 4) is 22.8 Å². The smallest absolute Gasteiger partial charge is 0.408 e. The highest BCUT2D eigenvalue weighted by molar-refractivity contribution is 6.31. The Kier molecular flexibility index (Phi) is 10.2. The summed E-state index contributed by atoms with van der Waals surface area (Å²) in [6.45, 7) is 6.18. The number of aliphatic hydroxyl groups excluding tert-OH is 1. The monoisotopic (exact) mass is 628 g/mol. The fourth-order valence-electron chi connectivity index (χ4n) is 4.45. The molecule has 1 aliphatic carbocycles. The number of amides is 1. The first-order chi connectivity index (χ1) is 20.7. The quantitative estimate of drug-likeness (QED) is 0.194. The van der Waals surface area contributed by atoms with Crippen LogP contribution in [0.25, 0.3) is 11.3 Å². The number of rotatable bonds is 12. The van der Waals surface area contributed by atoms with Gasteiger partial charge in [0.25, 0.3) is 0 Å². The Morgan fingerprint density at radius 3 is 2.43 bits per heavy atom. The Hall–Kier alpha value is -3.73. The van der Waals surface area contributed by atoms with Crippen LogP contribution < -0.4 is 14.8 Å². The van der Waals surface area contributed by atoms with Crippen molar-refractivity contribution in [3.63, 3.8) is 0 Å². The van der Waals surface area contributed by atoms with Gasteiger partial charge in [0, 0.05) is 17.5 Å². The topological polar surface area (TPSA) is 127 Å². The van der Waals surface area contributed by atoms with Crippen LogP contribution in [0, 0.1) is 5.82 Å². The van der Waals surface area contributed by atoms with Crippen LogP contribution in [-0.4, -0.2) is 52.5 Å². The van der Waals surface area contributed by atoms with Crippen LogP contribution in [0.2, 0.25) is 5.02 Å². The third-order valence-electron chi connectivity index (χ3n) is 7.03. The summed E-state index contributed by atoms with van der Waals surface area (Å²) < 4.78 is 30.5. The van der Waals surface area contributed by atoms with Crippen molar-refractivity contribution in [2.24, 2.45) is 0 Å². The average molecular weight is 629 g/mol. The van der Waals surface area contributed by atoms with E-state index in [0.29, 0.717) is 33.9 Å². The minimum atomic E-state index is -1.62. The molecule has 2 atom stereocenters. The molecule has 0 saturated heterocycles. The van der Waals surface area contributed by atoms with Gasteiger partial charge in [0.1, 0.15) is 17.0 Å². The van der Waals surface area contributed by atoms with E-state index in [4.69, 9.17) is 25.8 Å². The SMILES string of the molecule is COc1cc(C(=O)CCC(C)(O)c2cc(C(CO)NC(=O)OC(C)(C)C)cc(-c3ccc(F)c(Cl)c3)n2)ccc1OC1CC1. The van der Waals surface area contributed by atoms with Gasteiger partial charge in [-0.3, -0.25) is 4.79 Å². The van der Waals surface area contributed by atoms with Crippen molar-refractivity contribution < 1.29 is 38.4 Å². The number of halogens is 2. The molecule has 0 spiro atoms. The van der Waals surface area contributed by atoms with Crippen LogP contribution in [0.4, 0.5) is 9.18 Å². The van der Waals surface area contributed by atoms with Gasteiger partial charge in [0.15, 0.2) is 17.3 Å². The van der Waals surface area contributed by atoms with E-state index in [2.05, 4.69) is 10.3 Å². The van der Waals surface area contributed by atoms with Gasteiger partial charge in [-0.25, -0.2) is 14.2 Å². The molecule has 236 valence electrons. The number of benzene rings is 2. The predicted molar refractivity (Wildman–Crippen MR) is 164 cm³/mol. The molecule has 1 aromatic heterocycles. The third kappa shape index (κ3) is 8.68. The normalized spacial score (nSPS) is 15.2. The number of aliphatic hydroxyl groups is 2. The van der Waals surface area contributed by atoms with Gasteiger partial charge in [0.2, 0.25) is 0 Å². The summed E-state index contributed by atoms with van der Waals surface area (Å²) in [5.74, 6) is 0.203. The average Bonchev–Trinajstić information content (AvgIpc) is 3.79. The standard InChI is InChI=1S/C33H38ClFN2O7/c1-32(2,3)44-31(40)37-26(18-38)21-15-25(19-6-10-24(35)23(34)14-19)36-30(17-21)33(4,41)13-12-27(39)20-7-11-28(29(16-20)42-5)43-22-8-9-22/h6-7,10-11,14-17,22,26,38,41H,8-9,12-13,18H2,1-5H3,(H,37,40). The van der Waals surface area contributed by atoms with E-state index < -0.39 is 35.8 Å². The summed E-state index contributed by atoms with van der Waals surface area (Å²) in [4.78, 5) is 30.3. The molecule has 3 N–H and O–H groups in total. The summed E-state index contributed by atoms with van der Waals surface area (Å²) in [6, 6.07) is 11.3. The Labute approximate surface area is 261 Å². The molecule has 1 aliphatic rings. The number of ether oxygens (including phenoxy) is 3. The van der Waals surface area contributed by atoms with Crippen molar-refractivity contribution in [1.29, 1.82) is 0 Å². The fourth-order valence-corrected chi connectivity index (χ4v) is 4.63. The van der Waals surface area contributed by atoms with Gasteiger partial charge < -0.3 is 29.7 Å². The Bertz CT molecular complexity index is 1520. The highest BCUT2D eigenvalue weighted by Gasteiger charge is 2.30. The van der Waals surface area contributed by atoms with Crippen LogP contribution in [0.1, 0.15) is 81.0 Å². The lowest BCUT2D eigenvalue weighted by atomic mass is 9.90. The summed E-state index contributed by atoms with van der Waals surface area (Å²) in [7, 11) is 1.51. The summed E-state index contributed by atoms with van der Waals surface area (Å²) in [5.41, 5.74) is -0.642. The van der Waals surface area contributed by atoms with Gasteiger partial charge in [-0.2, -0.15) is 0 Å². The zero-order valence-corrected chi connectivity index (χ0v) is 26.2. The van der Waals surface area contributed by atoms with Gasteiger partial charge in [-0.1, -0.05) is 11.6 Å². The third-order valence-corrected chi connectivity index (χ3v) is 7.32. The highest BCUT2D eigenvalue weighted by Crippen LogP contribution is 2.36. The van der Waals surface area contributed by atoms with Crippen molar-refractivity contribution in [1.82, 2.24) is 10.3 Å². The number of Topliss-reactive ketones (excluding diaryl/α,β-unsaturated/α-hetero) is 1. The van der Waals surface area contributed by atoms with E-state index in [1.165, 1.54) is 32.2 Å². The minimum absolute atomic E-state index is 0.00216. The van der Waals surface area contributed by atoms with Crippen LogP contribution in [0.15, 0.2) is 48.5 Å². The number of methoxy groups -OCH3 is 1. The molecule has 1 saturated carbocycles. The van der Waals surface area contributed by atoms with E-state index in [0.717, 1.165) is 12.8 Å². The van der Waals surface area contributed by atoms with E-state index in [-0.39, 0.29) is 35.4 Å². The molecule has 11 heteroatoms. The molecule has 0 radical (unpaired) electrons. The molecule has 1 heterocycles. The first-order valence-corrected chi connectivity index (χ1v) is 14.8. The lowest BCUT2D eigenvalue weighted by Crippen LogP contribution is -2.36. The minimum Gasteiger partial charge on any atom is -0.493 e. The number of alkyl carbamates (subject to hydrolysis) is 1. The molecule has 1 fully saturated rings. The zero-order valence-electron chi connectivity index (χ0n) is 25.4. The van der Waals surface area contributed by atoms with E-state index in [9.17, 15) is 24.2 Å². The number of carbonyl (C=O) groups excluding carboxylic acids is 2. The highest BCUT2D eigenvalue weighted by atomic mass is 35.5. The molecule has 0 bridgehead atoms. The van der Waals surface area contributed by atoms with Gasteiger partial charge >= 0.3 is 6.09 Å². The summed E-state index contributed by atoms with van der Waals surface area (Å²) >= 11 is 6.04. The number of hydrogen-bond donors (Lipinski definition) is 3. The second-order valence-corrected chi connectivity index (χ2v) is 12.5. The molecule has 1 amide bonds. The molecule has 44 heavy (non-hydrogen) atoms. The number of nitrogens with zero attached hydrogens (tertiary/aromatic N) is 1. The first kappa shape index (κ1) is 33.2. The van der Waals surface area contributed by atoms with Gasteiger partial charge in [0.05, 0.1) is 42.3 Å². The van der Waals surface area contributed by atoms with Gasteiger partial charge in [-0.05, 0) is 101 Å². The van der Waals surface area contributed by atoms with Crippen LogP contribution >= 0.6 is 11.6 Å². The van der Waals surface area contributed by atoms with E-state index >= 15 is 0 Å². The largest absolute Gasteiger partial charge is 0.493 e.